The van der Waals surface area contributed by atoms with Crippen molar-refractivity contribution in [2.24, 2.45) is 0 Å². The van der Waals surface area contributed by atoms with Crippen LogP contribution >= 0.6 is 0 Å². The summed E-state index contributed by atoms with van der Waals surface area (Å²) in [7, 11) is 0. The van der Waals surface area contributed by atoms with E-state index in [-0.39, 0.29) is 17.6 Å². The Hall–Kier alpha value is -3.02. The summed E-state index contributed by atoms with van der Waals surface area (Å²) < 4.78 is 18.4. The minimum Gasteiger partial charge on any atom is -0.342 e. The number of carbonyl (C=O) groups excluding carboxylic acids is 1. The van der Waals surface area contributed by atoms with Crippen LogP contribution in [0.25, 0.3) is 11.4 Å². The highest BCUT2D eigenvalue weighted by molar-refractivity contribution is 5.79. The SMILES string of the molecule is O=C1CC(c2nc(-c3ccc(F)cc3)no2)CN1CCCc1ccccc1. The van der Waals surface area contributed by atoms with Crippen molar-refractivity contribution in [3.8, 4) is 11.4 Å². The Morgan fingerprint density at radius 1 is 1.11 bits per heavy atom. The fourth-order valence-corrected chi connectivity index (χ4v) is 3.39. The van der Waals surface area contributed by atoms with Crippen molar-refractivity contribution < 1.29 is 13.7 Å². The van der Waals surface area contributed by atoms with E-state index in [9.17, 15) is 9.18 Å². The lowest BCUT2D eigenvalue weighted by atomic mass is 10.1. The van der Waals surface area contributed by atoms with E-state index in [1.165, 1.54) is 17.7 Å². The Kier molecular flexibility index (Phi) is 4.96. The van der Waals surface area contributed by atoms with Gasteiger partial charge in [-0.25, -0.2) is 4.39 Å². The second-order valence-electron chi connectivity index (χ2n) is 6.79. The summed E-state index contributed by atoms with van der Waals surface area (Å²) in [5.74, 6) is 0.605. The van der Waals surface area contributed by atoms with Crippen molar-refractivity contribution in [1.29, 1.82) is 0 Å². The quantitative estimate of drug-likeness (QED) is 0.666. The van der Waals surface area contributed by atoms with Crippen molar-refractivity contribution in [2.75, 3.05) is 13.1 Å². The van der Waals surface area contributed by atoms with E-state index in [0.717, 1.165) is 19.4 Å². The summed E-state index contributed by atoms with van der Waals surface area (Å²) in [6.45, 7) is 1.32. The van der Waals surface area contributed by atoms with Crippen LogP contribution in [0.15, 0.2) is 59.1 Å². The molecule has 5 nitrogen and oxygen atoms in total. The molecule has 4 rings (SSSR count). The van der Waals surface area contributed by atoms with Gasteiger partial charge in [-0.2, -0.15) is 4.98 Å². The summed E-state index contributed by atoms with van der Waals surface area (Å²) in [6, 6.07) is 16.2. The molecule has 3 aromatic rings. The first-order valence-electron chi connectivity index (χ1n) is 9.10. The molecule has 1 atom stereocenters. The normalized spacial score (nSPS) is 16.9. The number of hydrogen-bond donors (Lipinski definition) is 0. The first-order valence-corrected chi connectivity index (χ1v) is 9.10. The second kappa shape index (κ2) is 7.70. The number of amides is 1. The van der Waals surface area contributed by atoms with Gasteiger partial charge in [-0.1, -0.05) is 35.5 Å². The minimum absolute atomic E-state index is 0.0871. The van der Waals surface area contributed by atoms with E-state index in [0.29, 0.717) is 30.2 Å². The highest BCUT2D eigenvalue weighted by Gasteiger charge is 2.34. The molecule has 1 fully saturated rings. The van der Waals surface area contributed by atoms with Gasteiger partial charge in [0.2, 0.25) is 17.6 Å². The van der Waals surface area contributed by atoms with Crippen molar-refractivity contribution >= 4 is 5.91 Å². The Labute approximate surface area is 156 Å². The molecule has 2 heterocycles. The molecule has 0 spiro atoms. The van der Waals surface area contributed by atoms with Crippen molar-refractivity contribution in [3.05, 3.63) is 71.9 Å². The van der Waals surface area contributed by atoms with Gasteiger partial charge >= 0.3 is 0 Å². The van der Waals surface area contributed by atoms with Crippen LogP contribution in [0.5, 0.6) is 0 Å². The summed E-state index contributed by atoms with van der Waals surface area (Å²) in [4.78, 5) is 18.6. The number of rotatable bonds is 6. The van der Waals surface area contributed by atoms with Crippen molar-refractivity contribution in [2.45, 2.75) is 25.2 Å². The van der Waals surface area contributed by atoms with Crippen LogP contribution in [0.2, 0.25) is 0 Å². The van der Waals surface area contributed by atoms with Gasteiger partial charge in [0.1, 0.15) is 5.82 Å². The molecule has 1 aliphatic heterocycles. The number of aryl methyl sites for hydroxylation is 1. The Bertz CT molecular complexity index is 909. The van der Waals surface area contributed by atoms with E-state index >= 15 is 0 Å². The lowest BCUT2D eigenvalue weighted by Crippen LogP contribution is -2.26. The molecule has 1 aromatic heterocycles. The molecule has 27 heavy (non-hydrogen) atoms. The largest absolute Gasteiger partial charge is 0.342 e. The van der Waals surface area contributed by atoms with Gasteiger partial charge in [-0.05, 0) is 42.7 Å². The fraction of sp³-hybridized carbons (Fsp3) is 0.286. The molecule has 138 valence electrons. The number of halogens is 1. The van der Waals surface area contributed by atoms with Gasteiger partial charge in [0, 0.05) is 25.1 Å². The second-order valence-corrected chi connectivity index (χ2v) is 6.79. The van der Waals surface area contributed by atoms with Gasteiger partial charge in [-0.3, -0.25) is 4.79 Å². The monoisotopic (exact) mass is 365 g/mol. The van der Waals surface area contributed by atoms with E-state index in [4.69, 9.17) is 4.52 Å². The highest BCUT2D eigenvalue weighted by Crippen LogP contribution is 2.29. The summed E-state index contributed by atoms with van der Waals surface area (Å²) in [6.07, 6.45) is 2.26. The number of hydrogen-bond acceptors (Lipinski definition) is 4. The molecule has 0 saturated carbocycles. The average Bonchev–Trinajstić information content (AvgIpc) is 3.31. The van der Waals surface area contributed by atoms with Crippen LogP contribution in [0.3, 0.4) is 0 Å². The molecule has 1 aliphatic rings. The molecular formula is C21H20FN3O2. The maximum absolute atomic E-state index is 13.0. The molecule has 1 saturated heterocycles. The van der Waals surface area contributed by atoms with E-state index in [1.54, 1.807) is 12.1 Å². The molecule has 0 radical (unpaired) electrons. The Morgan fingerprint density at radius 2 is 1.89 bits per heavy atom. The lowest BCUT2D eigenvalue weighted by molar-refractivity contribution is -0.127. The lowest BCUT2D eigenvalue weighted by Gasteiger charge is -2.15. The standard InChI is InChI=1S/C21H20FN3O2/c22-18-10-8-16(9-11-18)20-23-21(27-24-20)17-13-19(26)25(14-17)12-4-7-15-5-2-1-3-6-15/h1-3,5-6,8-11,17H,4,7,12-14H2. The molecule has 2 aromatic carbocycles. The van der Waals surface area contributed by atoms with Gasteiger partial charge in [0.05, 0.1) is 5.92 Å². The number of nitrogens with zero attached hydrogens (tertiary/aromatic N) is 3. The third-order valence-electron chi connectivity index (χ3n) is 4.84. The third-order valence-corrected chi connectivity index (χ3v) is 4.84. The zero-order chi connectivity index (χ0) is 18.6. The van der Waals surface area contributed by atoms with Crippen LogP contribution in [-0.4, -0.2) is 34.0 Å². The fourth-order valence-electron chi connectivity index (χ4n) is 3.39. The first-order chi connectivity index (χ1) is 13.2. The van der Waals surface area contributed by atoms with Gasteiger partial charge in [0.25, 0.3) is 0 Å². The molecule has 0 N–H and O–H groups in total. The van der Waals surface area contributed by atoms with Crippen LogP contribution < -0.4 is 0 Å². The Morgan fingerprint density at radius 3 is 2.67 bits per heavy atom. The number of carbonyl (C=O) groups is 1. The molecule has 1 amide bonds. The van der Waals surface area contributed by atoms with Crippen molar-refractivity contribution in [1.82, 2.24) is 15.0 Å². The number of likely N-dealkylation sites (tertiary alicyclic amines) is 1. The first kappa shape index (κ1) is 17.4. The zero-order valence-corrected chi connectivity index (χ0v) is 14.8. The van der Waals surface area contributed by atoms with Crippen molar-refractivity contribution in [3.63, 3.8) is 0 Å². The van der Waals surface area contributed by atoms with Crippen LogP contribution in [-0.2, 0) is 11.2 Å². The van der Waals surface area contributed by atoms with Crippen LogP contribution in [0, 0.1) is 5.82 Å². The molecule has 1 unspecified atom stereocenters. The molecular weight excluding hydrogens is 345 g/mol. The maximum Gasteiger partial charge on any atom is 0.232 e. The highest BCUT2D eigenvalue weighted by atomic mass is 19.1. The number of benzene rings is 2. The summed E-state index contributed by atoms with van der Waals surface area (Å²) in [5.41, 5.74) is 1.97. The van der Waals surface area contributed by atoms with Gasteiger partial charge < -0.3 is 9.42 Å². The maximum atomic E-state index is 13.0. The minimum atomic E-state index is -0.310. The average molecular weight is 365 g/mol. The molecule has 0 aliphatic carbocycles. The van der Waals surface area contributed by atoms with Crippen LogP contribution in [0.4, 0.5) is 4.39 Å². The summed E-state index contributed by atoms with van der Waals surface area (Å²) >= 11 is 0. The molecule has 0 bridgehead atoms. The van der Waals surface area contributed by atoms with E-state index in [1.807, 2.05) is 23.1 Å². The van der Waals surface area contributed by atoms with Crippen LogP contribution in [0.1, 0.15) is 30.2 Å². The molecule has 6 heteroatoms. The van der Waals surface area contributed by atoms with Gasteiger partial charge in [-0.15, -0.1) is 0 Å². The Balaban J connectivity index is 1.35. The predicted octanol–water partition coefficient (Wildman–Crippen LogP) is 3.82. The zero-order valence-electron chi connectivity index (χ0n) is 14.8. The predicted molar refractivity (Wildman–Crippen MR) is 98.4 cm³/mol. The van der Waals surface area contributed by atoms with Gasteiger partial charge in [0.15, 0.2) is 0 Å². The topological polar surface area (TPSA) is 59.2 Å². The summed E-state index contributed by atoms with van der Waals surface area (Å²) in [5, 5.41) is 3.97. The number of aromatic nitrogens is 2. The van der Waals surface area contributed by atoms with E-state index in [2.05, 4.69) is 22.3 Å². The van der Waals surface area contributed by atoms with E-state index < -0.39 is 0 Å². The smallest absolute Gasteiger partial charge is 0.232 e. The third kappa shape index (κ3) is 4.05.